The summed E-state index contributed by atoms with van der Waals surface area (Å²) in [5, 5.41) is 10.2. The predicted molar refractivity (Wildman–Crippen MR) is 137 cm³/mol. The molecule has 39 heavy (non-hydrogen) atoms. The Bertz CT molecular complexity index is 1590. The highest BCUT2D eigenvalue weighted by atomic mass is 19.3. The van der Waals surface area contributed by atoms with Crippen LogP contribution in [0.2, 0.25) is 0 Å². The van der Waals surface area contributed by atoms with Crippen molar-refractivity contribution in [2.75, 3.05) is 31.1 Å². The summed E-state index contributed by atoms with van der Waals surface area (Å²) in [6, 6.07) is 9.16. The quantitative estimate of drug-likeness (QED) is 0.503. The molecule has 0 N–H and O–H groups in total. The van der Waals surface area contributed by atoms with Gasteiger partial charge in [-0.2, -0.15) is 5.26 Å². The molecule has 0 unspecified atom stereocenters. The van der Waals surface area contributed by atoms with Crippen LogP contribution in [0, 0.1) is 22.6 Å². The molecule has 2 atom stereocenters. The Morgan fingerprint density at radius 1 is 1.26 bits per heavy atom. The van der Waals surface area contributed by atoms with E-state index in [9.17, 15) is 23.2 Å². The van der Waals surface area contributed by atoms with Crippen LogP contribution in [-0.4, -0.2) is 52.6 Å². The molecule has 2 fully saturated rings. The molecule has 1 aliphatic carbocycles. The lowest BCUT2D eigenvalue weighted by atomic mass is 10.0. The first-order valence-corrected chi connectivity index (χ1v) is 12.9. The summed E-state index contributed by atoms with van der Waals surface area (Å²) in [5.74, 6) is -0.353. The lowest BCUT2D eigenvalue weighted by Crippen LogP contribution is -2.59. The van der Waals surface area contributed by atoms with Gasteiger partial charge in [0.05, 0.1) is 41.2 Å². The smallest absolute Gasteiger partial charge is 0.266 e. The van der Waals surface area contributed by atoms with Crippen molar-refractivity contribution in [1.29, 1.82) is 5.26 Å². The molecule has 0 radical (unpaired) electrons. The number of piperazine rings is 1. The molecule has 2 aliphatic heterocycles. The van der Waals surface area contributed by atoms with Crippen LogP contribution in [-0.2, 0) is 11.8 Å². The number of rotatable bonds is 4. The van der Waals surface area contributed by atoms with Crippen molar-refractivity contribution in [3.63, 3.8) is 0 Å². The van der Waals surface area contributed by atoms with Crippen LogP contribution in [0.15, 0.2) is 41.7 Å². The Morgan fingerprint density at radius 3 is 2.74 bits per heavy atom. The van der Waals surface area contributed by atoms with Crippen molar-refractivity contribution in [3.8, 4) is 11.8 Å². The second kappa shape index (κ2) is 9.29. The van der Waals surface area contributed by atoms with Crippen molar-refractivity contribution in [3.05, 3.63) is 59.1 Å². The van der Waals surface area contributed by atoms with E-state index in [1.54, 1.807) is 18.2 Å². The number of nitrogens with zero attached hydrogens (tertiary/aromatic N) is 6. The summed E-state index contributed by atoms with van der Waals surface area (Å²) in [6.07, 6.45) is -0.0880. The zero-order valence-electron chi connectivity index (χ0n) is 21.6. The van der Waals surface area contributed by atoms with Crippen molar-refractivity contribution in [1.82, 2.24) is 14.5 Å². The number of nitriles is 1. The van der Waals surface area contributed by atoms with E-state index in [1.165, 1.54) is 12.1 Å². The molecule has 11 heteroatoms. The van der Waals surface area contributed by atoms with Gasteiger partial charge in [-0.1, -0.05) is 18.2 Å². The molecular formula is C28H27F3N6O2. The number of hydrogen-bond donors (Lipinski definition) is 0. The number of halogens is 3. The summed E-state index contributed by atoms with van der Waals surface area (Å²) in [7, 11) is 1.85. The third-order valence-electron chi connectivity index (χ3n) is 7.99. The van der Waals surface area contributed by atoms with Gasteiger partial charge in [0.25, 0.3) is 6.43 Å². The number of amides is 1. The van der Waals surface area contributed by atoms with Gasteiger partial charge in [0.15, 0.2) is 5.49 Å². The zero-order valence-corrected chi connectivity index (χ0v) is 21.6. The molecule has 1 amide bonds. The topological polar surface area (TPSA) is 86.8 Å². The third-order valence-corrected chi connectivity index (χ3v) is 7.99. The van der Waals surface area contributed by atoms with Crippen LogP contribution in [0.5, 0.6) is 5.75 Å². The molecule has 1 saturated carbocycles. The molecule has 3 aromatic rings. The summed E-state index contributed by atoms with van der Waals surface area (Å²) in [5.41, 5.74) is 0.575. The summed E-state index contributed by atoms with van der Waals surface area (Å²) in [6.45, 7) is 3.61. The van der Waals surface area contributed by atoms with E-state index in [1.807, 2.05) is 23.7 Å². The van der Waals surface area contributed by atoms with E-state index < -0.39 is 29.3 Å². The van der Waals surface area contributed by atoms with Gasteiger partial charge in [0, 0.05) is 43.7 Å². The summed E-state index contributed by atoms with van der Waals surface area (Å²) >= 11 is 0. The van der Waals surface area contributed by atoms with Crippen LogP contribution >= 0.6 is 0 Å². The zero-order chi connectivity index (χ0) is 27.5. The fourth-order valence-corrected chi connectivity index (χ4v) is 5.54. The number of carbonyl (C=O) groups is 1. The highest BCUT2D eigenvalue weighted by Crippen LogP contribution is 2.47. The molecule has 0 bridgehead atoms. The van der Waals surface area contributed by atoms with Gasteiger partial charge in [0.1, 0.15) is 23.6 Å². The number of aryl methyl sites for hydroxylation is 1. The van der Waals surface area contributed by atoms with Gasteiger partial charge in [-0.05, 0) is 25.8 Å². The minimum atomic E-state index is -2.92. The average Bonchev–Trinajstić information content (AvgIpc) is 3.74. The molecule has 3 heterocycles. The molecule has 1 saturated heterocycles. The fraction of sp³-hybridized carbons (Fsp3) is 0.429. The maximum atomic E-state index is 14.8. The average molecular weight is 537 g/mol. The van der Waals surface area contributed by atoms with Crippen LogP contribution < -0.4 is 15.1 Å². The summed E-state index contributed by atoms with van der Waals surface area (Å²) < 4.78 is 49.3. The van der Waals surface area contributed by atoms with Crippen LogP contribution in [0.3, 0.4) is 0 Å². The highest BCUT2D eigenvalue weighted by molar-refractivity contribution is 5.89. The second-order valence-corrected chi connectivity index (χ2v) is 10.5. The summed E-state index contributed by atoms with van der Waals surface area (Å²) in [4.78, 5) is 26.0. The minimum absolute atomic E-state index is 0.0712. The van der Waals surface area contributed by atoms with Crippen LogP contribution in [0.4, 0.5) is 18.9 Å². The number of alkyl halides is 2. The molecule has 1 aromatic heterocycles. The number of fused-ring (bicyclic) bond motifs is 4. The maximum Gasteiger partial charge on any atom is 0.266 e. The second-order valence-electron chi connectivity index (χ2n) is 10.5. The Balaban J connectivity index is 1.36. The normalized spacial score (nSPS) is 20.7. The first-order chi connectivity index (χ1) is 18.7. The predicted octanol–water partition coefficient (Wildman–Crippen LogP) is 4.03. The van der Waals surface area contributed by atoms with Gasteiger partial charge >= 0.3 is 0 Å². The molecule has 8 nitrogen and oxygen atoms in total. The van der Waals surface area contributed by atoms with Gasteiger partial charge in [-0.25, -0.2) is 18.2 Å². The molecule has 2 aromatic carbocycles. The Hall–Kier alpha value is -4.07. The number of aromatic nitrogens is 2. The van der Waals surface area contributed by atoms with E-state index in [0.29, 0.717) is 55.7 Å². The van der Waals surface area contributed by atoms with Crippen LogP contribution in [0.1, 0.15) is 43.4 Å². The van der Waals surface area contributed by atoms with Crippen molar-refractivity contribution in [2.24, 2.45) is 17.5 Å². The van der Waals surface area contributed by atoms with Crippen molar-refractivity contribution >= 4 is 22.5 Å². The number of carbonyl (C=O) groups excluding carboxylic acids is 1. The molecule has 3 aliphatic rings. The SMILES string of the molecule is C[C@@H](/N=c1\ncn(C)c2cc3c(cc12)N1CCN(C(=O)C2(C#N)CC2)C[C@H]1CO3)c1cccc(C(F)F)c1F. The van der Waals surface area contributed by atoms with E-state index in [-0.39, 0.29) is 17.5 Å². The van der Waals surface area contributed by atoms with E-state index in [4.69, 9.17) is 4.74 Å². The number of ether oxygens (including phenoxy) is 1. The van der Waals surface area contributed by atoms with Gasteiger partial charge < -0.3 is 19.1 Å². The lowest BCUT2D eigenvalue weighted by Gasteiger charge is -2.46. The maximum absolute atomic E-state index is 14.8. The lowest BCUT2D eigenvalue weighted by molar-refractivity contribution is -0.136. The number of benzene rings is 2. The van der Waals surface area contributed by atoms with Crippen molar-refractivity contribution in [2.45, 2.75) is 38.3 Å². The highest BCUT2D eigenvalue weighted by Gasteiger charge is 2.53. The monoisotopic (exact) mass is 536 g/mol. The third kappa shape index (κ3) is 4.18. The first kappa shape index (κ1) is 25.2. The Morgan fingerprint density at radius 2 is 2.03 bits per heavy atom. The van der Waals surface area contributed by atoms with Gasteiger partial charge in [-0.3, -0.25) is 9.79 Å². The van der Waals surface area contributed by atoms with E-state index >= 15 is 0 Å². The van der Waals surface area contributed by atoms with E-state index in [2.05, 4.69) is 20.9 Å². The minimum Gasteiger partial charge on any atom is -0.489 e. The Kier molecular flexibility index (Phi) is 6.01. The number of anilines is 1. The van der Waals surface area contributed by atoms with Crippen molar-refractivity contribution < 1.29 is 22.7 Å². The molecule has 0 spiro atoms. The van der Waals surface area contributed by atoms with Crippen LogP contribution in [0.25, 0.3) is 10.9 Å². The van der Waals surface area contributed by atoms with E-state index in [0.717, 1.165) is 17.3 Å². The first-order valence-electron chi connectivity index (χ1n) is 12.9. The largest absolute Gasteiger partial charge is 0.489 e. The fourth-order valence-electron chi connectivity index (χ4n) is 5.54. The number of hydrogen-bond acceptors (Lipinski definition) is 6. The molecular weight excluding hydrogens is 509 g/mol. The van der Waals surface area contributed by atoms with Gasteiger partial charge in [0.2, 0.25) is 5.91 Å². The standard InChI is InChI=1S/C28H27F3N6O2/c1-16(18-4-3-5-19(24(18)29)25(30)31)34-26-20-10-22-23(11-21(20)35(2)15-33-26)39-13-17-12-36(8-9-37(17)22)27(38)28(14-32)6-7-28/h3-5,10-11,15-17,25H,6-9,12-13H2,1-2H3/b34-26-/t16-,17+/m1/s1. The molecule has 6 rings (SSSR count). The van der Waals surface area contributed by atoms with Gasteiger partial charge in [-0.15, -0.1) is 0 Å². The molecule has 202 valence electrons. The Labute approximate surface area is 222 Å².